The molecule has 0 fully saturated rings. The normalized spacial score (nSPS) is 12.0. The number of halogens is 2. The molecule has 112 valence electrons. The second-order valence-corrected chi connectivity index (χ2v) is 4.35. The quantitative estimate of drug-likeness (QED) is 0.657. The third-order valence-corrected chi connectivity index (χ3v) is 3.20. The number of benzene rings is 2. The highest BCUT2D eigenvalue weighted by atomic mass is 19.2. The van der Waals surface area contributed by atoms with E-state index < -0.39 is 17.7 Å². The molecule has 3 N–H and O–H groups in total. The van der Waals surface area contributed by atoms with Gasteiger partial charge >= 0.3 is 0 Å². The Hall–Kier alpha value is -2.18. The molecular weight excluding hydrogens is 278 g/mol. The van der Waals surface area contributed by atoms with E-state index in [-0.39, 0.29) is 0 Å². The zero-order valence-electron chi connectivity index (χ0n) is 11.7. The van der Waals surface area contributed by atoms with E-state index in [0.29, 0.717) is 22.6 Å². The number of rotatable bonds is 5. The summed E-state index contributed by atoms with van der Waals surface area (Å²) in [5.41, 5.74) is 3.65. The van der Waals surface area contributed by atoms with Gasteiger partial charge in [-0.1, -0.05) is 12.1 Å². The Balaban J connectivity index is 2.57. The number of nitrogens with one attached hydrogen (secondary N) is 1. The molecule has 0 radical (unpaired) electrons. The molecule has 0 amide bonds. The smallest absolute Gasteiger partial charge is 0.159 e. The van der Waals surface area contributed by atoms with Crippen LogP contribution in [0.2, 0.25) is 0 Å². The highest BCUT2D eigenvalue weighted by molar-refractivity contribution is 5.50. The number of hydrogen-bond donors (Lipinski definition) is 2. The van der Waals surface area contributed by atoms with Gasteiger partial charge in [0, 0.05) is 0 Å². The monoisotopic (exact) mass is 294 g/mol. The van der Waals surface area contributed by atoms with Gasteiger partial charge in [0.15, 0.2) is 11.6 Å². The van der Waals surface area contributed by atoms with E-state index in [1.807, 2.05) is 0 Å². The van der Waals surface area contributed by atoms with Crippen LogP contribution in [0.25, 0.3) is 0 Å². The molecule has 6 heteroatoms. The van der Waals surface area contributed by atoms with E-state index in [4.69, 9.17) is 15.3 Å². The summed E-state index contributed by atoms with van der Waals surface area (Å²) in [6.07, 6.45) is 0. The Bertz CT molecular complexity index is 613. The number of hydrogen-bond acceptors (Lipinski definition) is 4. The summed E-state index contributed by atoms with van der Waals surface area (Å²) in [5, 5.41) is 0. The Morgan fingerprint density at radius 2 is 1.62 bits per heavy atom. The van der Waals surface area contributed by atoms with Gasteiger partial charge in [-0.15, -0.1) is 0 Å². The maximum atomic E-state index is 13.5. The van der Waals surface area contributed by atoms with Crippen molar-refractivity contribution in [2.24, 2.45) is 5.84 Å². The number of ether oxygens (including phenoxy) is 2. The molecule has 1 unspecified atom stereocenters. The van der Waals surface area contributed by atoms with Crippen molar-refractivity contribution in [3.63, 3.8) is 0 Å². The third-order valence-electron chi connectivity index (χ3n) is 3.20. The van der Waals surface area contributed by atoms with E-state index in [2.05, 4.69) is 5.43 Å². The fourth-order valence-corrected chi connectivity index (χ4v) is 2.20. The van der Waals surface area contributed by atoms with Crippen LogP contribution in [0, 0.1) is 11.6 Å². The van der Waals surface area contributed by atoms with E-state index >= 15 is 0 Å². The van der Waals surface area contributed by atoms with Crippen molar-refractivity contribution in [1.82, 2.24) is 5.43 Å². The van der Waals surface area contributed by atoms with Gasteiger partial charge in [0.2, 0.25) is 0 Å². The summed E-state index contributed by atoms with van der Waals surface area (Å²) in [6.45, 7) is 0. The minimum Gasteiger partial charge on any atom is -0.496 e. The van der Waals surface area contributed by atoms with Gasteiger partial charge in [-0.05, 0) is 29.8 Å². The first kappa shape index (κ1) is 15.2. The van der Waals surface area contributed by atoms with Crippen LogP contribution >= 0.6 is 0 Å². The van der Waals surface area contributed by atoms with Gasteiger partial charge in [-0.3, -0.25) is 5.84 Å². The number of hydrazine groups is 1. The summed E-state index contributed by atoms with van der Waals surface area (Å²) in [4.78, 5) is 0. The average Bonchev–Trinajstić information content (AvgIpc) is 2.51. The molecule has 0 saturated carbocycles. The van der Waals surface area contributed by atoms with Crippen LogP contribution in [0.1, 0.15) is 17.2 Å². The van der Waals surface area contributed by atoms with Gasteiger partial charge < -0.3 is 9.47 Å². The highest BCUT2D eigenvalue weighted by Crippen LogP contribution is 2.37. The second-order valence-electron chi connectivity index (χ2n) is 4.35. The molecule has 0 spiro atoms. The Morgan fingerprint density at radius 1 is 1.00 bits per heavy atom. The molecule has 2 rings (SSSR count). The number of nitrogens with two attached hydrogens (primary N) is 1. The molecule has 2 aromatic carbocycles. The summed E-state index contributed by atoms with van der Waals surface area (Å²) in [7, 11) is 3.02. The van der Waals surface area contributed by atoms with E-state index in [1.165, 1.54) is 20.3 Å². The van der Waals surface area contributed by atoms with Crippen LogP contribution < -0.4 is 20.7 Å². The molecule has 0 bridgehead atoms. The molecule has 0 aliphatic rings. The predicted octanol–water partition coefficient (Wildman–Crippen LogP) is 2.53. The lowest BCUT2D eigenvalue weighted by molar-refractivity contribution is 0.377. The molecule has 0 aliphatic heterocycles. The average molecular weight is 294 g/mol. The molecular formula is C15H16F2N2O2. The molecule has 1 atom stereocenters. The van der Waals surface area contributed by atoms with Gasteiger partial charge in [0.05, 0.1) is 25.8 Å². The maximum Gasteiger partial charge on any atom is 0.159 e. The lowest BCUT2D eigenvalue weighted by Gasteiger charge is -2.22. The standard InChI is InChI=1S/C15H16F2N2O2/c1-20-12-4-3-5-13(21-2)14(12)15(19-18)9-6-7-10(16)11(17)8-9/h3-8,15,19H,18H2,1-2H3. The van der Waals surface area contributed by atoms with Crippen molar-refractivity contribution in [3.05, 3.63) is 59.2 Å². The molecule has 0 saturated heterocycles. The van der Waals surface area contributed by atoms with Crippen LogP contribution in [0.15, 0.2) is 36.4 Å². The lowest BCUT2D eigenvalue weighted by Crippen LogP contribution is -2.29. The lowest BCUT2D eigenvalue weighted by atomic mass is 9.97. The minimum absolute atomic E-state index is 0.458. The fraction of sp³-hybridized carbons (Fsp3) is 0.200. The summed E-state index contributed by atoms with van der Waals surface area (Å²) in [6, 6.07) is 8.23. The van der Waals surface area contributed by atoms with Crippen LogP contribution in [0.5, 0.6) is 11.5 Å². The second kappa shape index (κ2) is 6.51. The Labute approximate surface area is 121 Å². The predicted molar refractivity (Wildman–Crippen MR) is 75.1 cm³/mol. The van der Waals surface area contributed by atoms with Crippen LogP contribution in [0.3, 0.4) is 0 Å². The minimum atomic E-state index is -0.943. The van der Waals surface area contributed by atoms with Crippen molar-refractivity contribution in [1.29, 1.82) is 0 Å². The van der Waals surface area contributed by atoms with Crippen LogP contribution in [0.4, 0.5) is 8.78 Å². The summed E-state index contributed by atoms with van der Waals surface area (Å²) in [5.74, 6) is 4.80. The highest BCUT2D eigenvalue weighted by Gasteiger charge is 2.22. The summed E-state index contributed by atoms with van der Waals surface area (Å²) >= 11 is 0. The topological polar surface area (TPSA) is 56.5 Å². The van der Waals surface area contributed by atoms with Crippen molar-refractivity contribution in [2.75, 3.05) is 14.2 Å². The van der Waals surface area contributed by atoms with Gasteiger partial charge in [-0.2, -0.15) is 0 Å². The molecule has 0 heterocycles. The zero-order valence-corrected chi connectivity index (χ0v) is 11.7. The zero-order chi connectivity index (χ0) is 15.4. The third kappa shape index (κ3) is 2.96. The first-order valence-corrected chi connectivity index (χ1v) is 6.24. The first-order valence-electron chi connectivity index (χ1n) is 6.24. The van der Waals surface area contributed by atoms with Gasteiger partial charge in [0.25, 0.3) is 0 Å². The summed E-state index contributed by atoms with van der Waals surface area (Å²) < 4.78 is 37.1. The van der Waals surface area contributed by atoms with Gasteiger partial charge in [0.1, 0.15) is 11.5 Å². The Kier molecular flexibility index (Phi) is 4.72. The molecule has 0 aliphatic carbocycles. The fourth-order valence-electron chi connectivity index (χ4n) is 2.20. The van der Waals surface area contributed by atoms with Crippen LogP contribution in [-0.2, 0) is 0 Å². The SMILES string of the molecule is COc1cccc(OC)c1C(NN)c1ccc(F)c(F)c1. The maximum absolute atomic E-state index is 13.5. The molecule has 2 aromatic rings. The Morgan fingerprint density at radius 3 is 2.10 bits per heavy atom. The molecule has 21 heavy (non-hydrogen) atoms. The largest absolute Gasteiger partial charge is 0.496 e. The van der Waals surface area contributed by atoms with E-state index in [9.17, 15) is 8.78 Å². The van der Waals surface area contributed by atoms with Crippen LogP contribution in [-0.4, -0.2) is 14.2 Å². The van der Waals surface area contributed by atoms with Gasteiger partial charge in [-0.25, -0.2) is 14.2 Å². The van der Waals surface area contributed by atoms with Crippen molar-refractivity contribution >= 4 is 0 Å². The van der Waals surface area contributed by atoms with Crippen molar-refractivity contribution < 1.29 is 18.3 Å². The first-order chi connectivity index (χ1) is 10.1. The van der Waals surface area contributed by atoms with Crippen molar-refractivity contribution in [2.45, 2.75) is 6.04 Å². The van der Waals surface area contributed by atoms with Crippen molar-refractivity contribution in [3.8, 4) is 11.5 Å². The number of methoxy groups -OCH3 is 2. The molecule has 0 aromatic heterocycles. The van der Waals surface area contributed by atoms with E-state index in [0.717, 1.165) is 12.1 Å². The van der Waals surface area contributed by atoms with E-state index in [1.54, 1.807) is 18.2 Å². The molecule has 4 nitrogen and oxygen atoms in total.